The predicted molar refractivity (Wildman–Crippen MR) is 103 cm³/mol. The molecule has 4 rings (SSSR count). The van der Waals surface area contributed by atoms with Gasteiger partial charge in [-0.3, -0.25) is 9.69 Å². The number of hydrogen-bond donors (Lipinski definition) is 2. The Bertz CT molecular complexity index is 722. The normalized spacial score (nSPS) is 20.4. The highest BCUT2D eigenvalue weighted by molar-refractivity contribution is 7.10. The Labute approximate surface area is 162 Å². The first-order valence-electron chi connectivity index (χ1n) is 9.57. The van der Waals surface area contributed by atoms with Crippen LogP contribution in [0.25, 0.3) is 0 Å². The molecule has 0 aromatic carbocycles. The van der Waals surface area contributed by atoms with Crippen molar-refractivity contribution >= 4 is 17.2 Å². The highest BCUT2D eigenvalue weighted by Gasteiger charge is 2.25. The van der Waals surface area contributed by atoms with Gasteiger partial charge in [0.05, 0.1) is 31.5 Å². The summed E-state index contributed by atoms with van der Waals surface area (Å²) in [6.45, 7) is 5.75. The van der Waals surface area contributed by atoms with Crippen molar-refractivity contribution in [1.29, 1.82) is 0 Å². The molecular formula is C18H26N6O2S. The van der Waals surface area contributed by atoms with Gasteiger partial charge in [-0.25, -0.2) is 4.68 Å². The molecule has 27 heavy (non-hydrogen) atoms. The van der Waals surface area contributed by atoms with E-state index in [1.54, 1.807) is 17.5 Å². The van der Waals surface area contributed by atoms with Gasteiger partial charge >= 0.3 is 0 Å². The van der Waals surface area contributed by atoms with Crippen LogP contribution < -0.4 is 10.6 Å². The fourth-order valence-corrected chi connectivity index (χ4v) is 4.55. The van der Waals surface area contributed by atoms with Crippen LogP contribution in [0.2, 0.25) is 0 Å². The lowest BCUT2D eigenvalue weighted by molar-refractivity contribution is 0.0169. The summed E-state index contributed by atoms with van der Waals surface area (Å²) in [5.41, 5.74) is 0.389. The average molecular weight is 391 g/mol. The minimum atomic E-state index is -0.162. The SMILES string of the molecule is O=C(NCC(c1cccs1)N1CCOCC1)c1cn(C2CCNCC2)nn1. The molecule has 1 amide bonds. The fourth-order valence-electron chi connectivity index (χ4n) is 3.69. The Hall–Kier alpha value is -1.81. The number of hydrogen-bond acceptors (Lipinski definition) is 7. The standard InChI is InChI=1S/C18H26N6O2S/c25-18(15-13-24(22-21-15)14-3-5-19-6-4-14)20-12-16(17-2-1-11-27-17)23-7-9-26-10-8-23/h1-2,11,13-14,16,19H,3-10,12H2,(H,20,25). The van der Waals surface area contributed by atoms with E-state index in [0.717, 1.165) is 52.2 Å². The van der Waals surface area contributed by atoms with E-state index in [2.05, 4.69) is 43.4 Å². The van der Waals surface area contributed by atoms with Crippen molar-refractivity contribution in [2.75, 3.05) is 45.9 Å². The lowest BCUT2D eigenvalue weighted by atomic mass is 10.1. The molecular weight excluding hydrogens is 364 g/mol. The first kappa shape index (κ1) is 18.5. The maximum absolute atomic E-state index is 12.6. The van der Waals surface area contributed by atoms with E-state index >= 15 is 0 Å². The molecule has 146 valence electrons. The second-order valence-corrected chi connectivity index (χ2v) is 7.93. The topological polar surface area (TPSA) is 84.3 Å². The van der Waals surface area contributed by atoms with Gasteiger partial charge < -0.3 is 15.4 Å². The summed E-state index contributed by atoms with van der Waals surface area (Å²) >= 11 is 1.72. The van der Waals surface area contributed by atoms with E-state index < -0.39 is 0 Å². The van der Waals surface area contributed by atoms with Gasteiger partial charge in [0.1, 0.15) is 0 Å². The van der Waals surface area contributed by atoms with Crippen LogP contribution in [0.3, 0.4) is 0 Å². The number of morpholine rings is 1. The third-order valence-electron chi connectivity index (χ3n) is 5.24. The van der Waals surface area contributed by atoms with Gasteiger partial charge in [-0.05, 0) is 37.4 Å². The molecule has 2 aliphatic heterocycles. The van der Waals surface area contributed by atoms with Gasteiger partial charge in [0.2, 0.25) is 0 Å². The van der Waals surface area contributed by atoms with Gasteiger partial charge in [-0.1, -0.05) is 11.3 Å². The summed E-state index contributed by atoms with van der Waals surface area (Å²) in [6, 6.07) is 4.68. The molecule has 0 spiro atoms. The number of nitrogens with one attached hydrogen (secondary N) is 2. The summed E-state index contributed by atoms with van der Waals surface area (Å²) in [4.78, 5) is 16.3. The van der Waals surface area contributed by atoms with Crippen molar-refractivity contribution in [1.82, 2.24) is 30.5 Å². The quantitative estimate of drug-likeness (QED) is 0.768. The lowest BCUT2D eigenvalue weighted by Crippen LogP contribution is -2.43. The van der Waals surface area contributed by atoms with Crippen LogP contribution in [0.5, 0.6) is 0 Å². The Kier molecular flexibility index (Phi) is 6.13. The van der Waals surface area contributed by atoms with Crippen LogP contribution in [0.4, 0.5) is 0 Å². The molecule has 0 bridgehead atoms. The summed E-state index contributed by atoms with van der Waals surface area (Å²) < 4.78 is 7.31. The van der Waals surface area contributed by atoms with Crippen molar-refractivity contribution < 1.29 is 9.53 Å². The smallest absolute Gasteiger partial charge is 0.273 e. The van der Waals surface area contributed by atoms with E-state index in [9.17, 15) is 4.79 Å². The number of amides is 1. The van der Waals surface area contributed by atoms with Gasteiger partial charge in [0, 0.05) is 24.5 Å². The molecule has 8 nitrogen and oxygen atoms in total. The third kappa shape index (κ3) is 4.55. The second kappa shape index (κ2) is 8.92. The highest BCUT2D eigenvalue weighted by Crippen LogP contribution is 2.25. The van der Waals surface area contributed by atoms with Gasteiger partial charge in [0.25, 0.3) is 5.91 Å². The van der Waals surface area contributed by atoms with E-state index in [-0.39, 0.29) is 11.9 Å². The van der Waals surface area contributed by atoms with Crippen molar-refractivity contribution in [3.63, 3.8) is 0 Å². The zero-order valence-corrected chi connectivity index (χ0v) is 16.2. The second-order valence-electron chi connectivity index (χ2n) is 6.95. The molecule has 2 fully saturated rings. The summed E-state index contributed by atoms with van der Waals surface area (Å²) in [6.07, 6.45) is 3.81. The molecule has 9 heteroatoms. The molecule has 0 aliphatic carbocycles. The van der Waals surface area contributed by atoms with Crippen LogP contribution in [0, 0.1) is 0 Å². The Morgan fingerprint density at radius 3 is 2.93 bits per heavy atom. The molecule has 2 aliphatic rings. The summed E-state index contributed by atoms with van der Waals surface area (Å²) in [5, 5.41) is 16.7. The van der Waals surface area contributed by atoms with Gasteiger partial charge in [-0.2, -0.15) is 0 Å². The molecule has 2 aromatic rings. The highest BCUT2D eigenvalue weighted by atomic mass is 32.1. The predicted octanol–water partition coefficient (Wildman–Crippen LogP) is 1.07. The van der Waals surface area contributed by atoms with E-state index in [4.69, 9.17) is 4.74 Å². The maximum Gasteiger partial charge on any atom is 0.273 e. The lowest BCUT2D eigenvalue weighted by Gasteiger charge is -2.34. The zero-order chi connectivity index (χ0) is 18.5. The average Bonchev–Trinajstić information content (AvgIpc) is 3.42. The number of thiophene rings is 1. The molecule has 0 radical (unpaired) electrons. The molecule has 2 N–H and O–H groups in total. The number of carbonyl (C=O) groups is 1. The van der Waals surface area contributed by atoms with Crippen LogP contribution in [-0.2, 0) is 4.74 Å². The van der Waals surface area contributed by atoms with Crippen LogP contribution >= 0.6 is 11.3 Å². The summed E-state index contributed by atoms with van der Waals surface area (Å²) in [7, 11) is 0. The van der Waals surface area contributed by atoms with Gasteiger partial charge in [-0.15, -0.1) is 16.4 Å². The van der Waals surface area contributed by atoms with E-state index in [0.29, 0.717) is 18.3 Å². The first-order valence-corrected chi connectivity index (χ1v) is 10.4. The molecule has 2 saturated heterocycles. The summed E-state index contributed by atoms with van der Waals surface area (Å²) in [5.74, 6) is -0.162. The first-order chi connectivity index (χ1) is 13.3. The van der Waals surface area contributed by atoms with Crippen LogP contribution in [0.15, 0.2) is 23.7 Å². The molecule has 1 unspecified atom stereocenters. The number of ether oxygens (including phenoxy) is 1. The number of rotatable bonds is 6. The minimum absolute atomic E-state index is 0.162. The minimum Gasteiger partial charge on any atom is -0.379 e. The molecule has 4 heterocycles. The fraction of sp³-hybridized carbons (Fsp3) is 0.611. The van der Waals surface area contributed by atoms with E-state index in [1.165, 1.54) is 4.88 Å². The monoisotopic (exact) mass is 390 g/mol. The van der Waals surface area contributed by atoms with E-state index in [1.807, 2.05) is 4.68 Å². The number of piperidine rings is 1. The molecule has 1 atom stereocenters. The Morgan fingerprint density at radius 1 is 1.37 bits per heavy atom. The van der Waals surface area contributed by atoms with Crippen LogP contribution in [0.1, 0.15) is 40.3 Å². The van der Waals surface area contributed by atoms with Crippen molar-refractivity contribution in [2.24, 2.45) is 0 Å². The van der Waals surface area contributed by atoms with Crippen molar-refractivity contribution in [3.05, 3.63) is 34.3 Å². The van der Waals surface area contributed by atoms with Crippen molar-refractivity contribution in [3.8, 4) is 0 Å². The molecule has 2 aromatic heterocycles. The van der Waals surface area contributed by atoms with Gasteiger partial charge in [0.15, 0.2) is 5.69 Å². The Balaban J connectivity index is 1.38. The number of carbonyl (C=O) groups excluding carboxylic acids is 1. The van der Waals surface area contributed by atoms with Crippen molar-refractivity contribution in [2.45, 2.75) is 24.9 Å². The largest absolute Gasteiger partial charge is 0.379 e. The Morgan fingerprint density at radius 2 is 2.19 bits per heavy atom. The van der Waals surface area contributed by atoms with Crippen LogP contribution in [-0.4, -0.2) is 71.7 Å². The zero-order valence-electron chi connectivity index (χ0n) is 15.3. The number of aromatic nitrogens is 3. The molecule has 0 saturated carbocycles. The maximum atomic E-state index is 12.6. The third-order valence-corrected chi connectivity index (χ3v) is 6.21. The number of nitrogens with zero attached hydrogens (tertiary/aromatic N) is 4.